The number of carboxylic acids is 1. The van der Waals surface area contributed by atoms with Crippen LogP contribution < -0.4 is 10.9 Å². The van der Waals surface area contributed by atoms with Crippen molar-refractivity contribution in [2.75, 3.05) is 6.54 Å². The monoisotopic (exact) mass is 423 g/mol. The Morgan fingerprint density at radius 1 is 1.10 bits per heavy atom. The van der Waals surface area contributed by atoms with Crippen molar-refractivity contribution in [3.8, 4) is 11.1 Å². The quantitative estimate of drug-likeness (QED) is 0.457. The minimum atomic E-state index is -1.03. The molecule has 0 aliphatic heterocycles. The number of rotatable bonds is 6. The van der Waals surface area contributed by atoms with E-state index in [1.807, 2.05) is 6.07 Å². The van der Waals surface area contributed by atoms with Gasteiger partial charge in [-0.25, -0.2) is 9.18 Å². The molecule has 31 heavy (non-hydrogen) atoms. The van der Waals surface area contributed by atoms with Gasteiger partial charge in [0.15, 0.2) is 0 Å². The van der Waals surface area contributed by atoms with Gasteiger partial charge in [0.2, 0.25) is 5.91 Å². The minimum Gasteiger partial charge on any atom is -0.481 e. The summed E-state index contributed by atoms with van der Waals surface area (Å²) in [6, 6.07) is 9.45. The highest BCUT2D eigenvalue weighted by atomic mass is 19.1. The van der Waals surface area contributed by atoms with Crippen LogP contribution in [-0.2, 0) is 16.0 Å². The number of aliphatic carboxylic acids is 1. The smallest absolute Gasteiger partial charge is 0.340 e. The Morgan fingerprint density at radius 2 is 1.84 bits per heavy atom. The predicted molar refractivity (Wildman–Crippen MR) is 111 cm³/mol. The van der Waals surface area contributed by atoms with Gasteiger partial charge in [0.1, 0.15) is 17.0 Å². The summed E-state index contributed by atoms with van der Waals surface area (Å²) in [5.41, 5.74) is 2.52. The maximum atomic E-state index is 13.3. The Bertz CT molecular complexity index is 1370. The number of fused-ring (bicyclic) bond motifs is 2. The highest BCUT2D eigenvalue weighted by Crippen LogP contribution is 2.34. The van der Waals surface area contributed by atoms with Gasteiger partial charge in [-0.2, -0.15) is 0 Å². The van der Waals surface area contributed by atoms with Crippen LogP contribution in [0.4, 0.5) is 4.39 Å². The van der Waals surface area contributed by atoms with Gasteiger partial charge in [-0.05, 0) is 36.2 Å². The summed E-state index contributed by atoms with van der Waals surface area (Å²) in [6.07, 6.45) is 1.13. The largest absolute Gasteiger partial charge is 0.481 e. The van der Waals surface area contributed by atoms with Crippen LogP contribution in [-0.4, -0.2) is 23.5 Å². The lowest BCUT2D eigenvalue weighted by molar-refractivity contribution is -0.136. The van der Waals surface area contributed by atoms with Crippen molar-refractivity contribution in [1.29, 1.82) is 0 Å². The number of halogens is 1. The third-order valence-electron chi connectivity index (χ3n) is 5.14. The van der Waals surface area contributed by atoms with E-state index in [4.69, 9.17) is 13.9 Å². The summed E-state index contributed by atoms with van der Waals surface area (Å²) in [5.74, 6) is -1.83. The summed E-state index contributed by atoms with van der Waals surface area (Å²) >= 11 is 0. The number of hydrogen-bond acceptors (Lipinski definition) is 5. The number of carbonyl (C=O) groups is 2. The van der Waals surface area contributed by atoms with Gasteiger partial charge >= 0.3 is 11.6 Å². The summed E-state index contributed by atoms with van der Waals surface area (Å²) in [4.78, 5) is 35.2. The van der Waals surface area contributed by atoms with Gasteiger partial charge in [0.05, 0.1) is 24.7 Å². The Hall–Kier alpha value is -3.94. The third kappa shape index (κ3) is 4.05. The van der Waals surface area contributed by atoms with E-state index in [1.165, 1.54) is 12.1 Å². The van der Waals surface area contributed by atoms with Crippen molar-refractivity contribution < 1.29 is 27.9 Å². The molecule has 0 fully saturated rings. The van der Waals surface area contributed by atoms with E-state index < -0.39 is 17.5 Å². The highest BCUT2D eigenvalue weighted by Gasteiger charge is 2.18. The molecule has 0 saturated carbocycles. The first-order valence-electron chi connectivity index (χ1n) is 9.55. The molecule has 4 rings (SSSR count). The maximum Gasteiger partial charge on any atom is 0.340 e. The third-order valence-corrected chi connectivity index (χ3v) is 5.14. The molecule has 8 heteroatoms. The first kappa shape index (κ1) is 20.3. The molecule has 0 aliphatic carbocycles. The van der Waals surface area contributed by atoms with E-state index in [0.29, 0.717) is 22.1 Å². The zero-order valence-electron chi connectivity index (χ0n) is 16.5. The molecule has 0 unspecified atom stereocenters. The molecule has 0 saturated heterocycles. The van der Waals surface area contributed by atoms with Gasteiger partial charge in [0.25, 0.3) is 0 Å². The lowest BCUT2D eigenvalue weighted by Gasteiger charge is -2.09. The summed E-state index contributed by atoms with van der Waals surface area (Å²) in [6.45, 7) is 1.70. The standard InChI is InChI=1S/C23H18FNO6/c1-12-15-8-17-18(13-2-4-14(24)5-3-13)11-30-19(17)10-20(15)31-23(29)16(12)9-21(26)25-7-6-22(27)28/h2-5,8,10-11H,6-7,9H2,1H3,(H,25,26)(H,27,28). The van der Waals surface area contributed by atoms with Crippen LogP contribution in [0.1, 0.15) is 17.5 Å². The molecule has 1 amide bonds. The molecule has 0 aliphatic rings. The number of hydrogen-bond donors (Lipinski definition) is 2. The molecule has 0 radical (unpaired) electrons. The number of aryl methyl sites for hydroxylation is 1. The summed E-state index contributed by atoms with van der Waals surface area (Å²) in [7, 11) is 0. The molecule has 2 N–H and O–H groups in total. The fourth-order valence-electron chi connectivity index (χ4n) is 3.50. The van der Waals surface area contributed by atoms with Gasteiger partial charge < -0.3 is 19.3 Å². The van der Waals surface area contributed by atoms with Crippen LogP contribution in [0.25, 0.3) is 33.1 Å². The van der Waals surface area contributed by atoms with Crippen LogP contribution in [0.3, 0.4) is 0 Å². The number of furan rings is 1. The van der Waals surface area contributed by atoms with Gasteiger partial charge in [-0.1, -0.05) is 12.1 Å². The van der Waals surface area contributed by atoms with Gasteiger partial charge in [0, 0.05) is 28.9 Å². The van der Waals surface area contributed by atoms with E-state index in [1.54, 1.807) is 31.4 Å². The Morgan fingerprint density at radius 3 is 2.55 bits per heavy atom. The van der Waals surface area contributed by atoms with E-state index in [0.717, 1.165) is 16.5 Å². The van der Waals surface area contributed by atoms with E-state index in [2.05, 4.69) is 5.32 Å². The Balaban J connectivity index is 1.74. The number of carbonyl (C=O) groups excluding carboxylic acids is 1. The second-order valence-electron chi connectivity index (χ2n) is 7.16. The molecule has 0 atom stereocenters. The molecule has 0 spiro atoms. The fraction of sp³-hybridized carbons (Fsp3) is 0.174. The molecular weight excluding hydrogens is 405 g/mol. The van der Waals surface area contributed by atoms with Crippen molar-refractivity contribution in [3.63, 3.8) is 0 Å². The molecule has 158 valence electrons. The normalized spacial score (nSPS) is 11.2. The maximum absolute atomic E-state index is 13.3. The van der Waals surface area contributed by atoms with Crippen LogP contribution >= 0.6 is 0 Å². The molecule has 4 aromatic rings. The summed E-state index contributed by atoms with van der Waals surface area (Å²) in [5, 5.41) is 12.5. The fourth-order valence-corrected chi connectivity index (χ4v) is 3.50. The van der Waals surface area contributed by atoms with Gasteiger partial charge in [-0.15, -0.1) is 0 Å². The van der Waals surface area contributed by atoms with Crippen molar-refractivity contribution in [1.82, 2.24) is 5.32 Å². The molecular formula is C23H18FNO6. The van der Waals surface area contributed by atoms with Crippen LogP contribution in [0.5, 0.6) is 0 Å². The average Bonchev–Trinajstić information content (AvgIpc) is 3.13. The molecule has 2 heterocycles. The van der Waals surface area contributed by atoms with Crippen molar-refractivity contribution in [2.24, 2.45) is 0 Å². The second-order valence-corrected chi connectivity index (χ2v) is 7.16. The average molecular weight is 423 g/mol. The van der Waals surface area contributed by atoms with Crippen LogP contribution in [0.2, 0.25) is 0 Å². The topological polar surface area (TPSA) is 110 Å². The SMILES string of the molecule is Cc1c(CC(=O)NCCC(=O)O)c(=O)oc2cc3occ(-c4ccc(F)cc4)c3cc12. The predicted octanol–water partition coefficient (Wildman–Crippen LogP) is 3.79. The van der Waals surface area contributed by atoms with Crippen molar-refractivity contribution >= 4 is 33.8 Å². The number of carboxylic acid groups (broad SMARTS) is 1. The van der Waals surface area contributed by atoms with Gasteiger partial charge in [-0.3, -0.25) is 9.59 Å². The number of amides is 1. The zero-order valence-corrected chi connectivity index (χ0v) is 16.5. The second kappa shape index (κ2) is 8.06. The number of benzene rings is 2. The van der Waals surface area contributed by atoms with Crippen LogP contribution in [0, 0.1) is 12.7 Å². The molecule has 2 aromatic heterocycles. The van der Waals surface area contributed by atoms with Crippen molar-refractivity contribution in [3.05, 3.63) is 70.0 Å². The highest BCUT2D eigenvalue weighted by molar-refractivity contribution is 6.02. The summed E-state index contributed by atoms with van der Waals surface area (Å²) < 4.78 is 24.3. The van der Waals surface area contributed by atoms with E-state index in [-0.39, 0.29) is 30.8 Å². The van der Waals surface area contributed by atoms with E-state index >= 15 is 0 Å². The number of nitrogens with one attached hydrogen (secondary N) is 1. The molecule has 0 bridgehead atoms. The Labute approximate surface area is 175 Å². The molecule has 7 nitrogen and oxygen atoms in total. The van der Waals surface area contributed by atoms with Crippen LogP contribution in [0.15, 0.2) is 56.3 Å². The minimum absolute atomic E-state index is 0.0250. The Kier molecular flexibility index (Phi) is 5.29. The lowest BCUT2D eigenvalue weighted by atomic mass is 9.99. The lowest BCUT2D eigenvalue weighted by Crippen LogP contribution is -2.29. The zero-order chi connectivity index (χ0) is 22.1. The first-order valence-corrected chi connectivity index (χ1v) is 9.55. The first-order chi connectivity index (χ1) is 14.8. The molecule has 2 aromatic carbocycles. The van der Waals surface area contributed by atoms with E-state index in [9.17, 15) is 18.8 Å². The van der Waals surface area contributed by atoms with Crippen molar-refractivity contribution in [2.45, 2.75) is 19.8 Å².